The van der Waals surface area contributed by atoms with E-state index >= 15 is 0 Å². The van der Waals surface area contributed by atoms with E-state index in [4.69, 9.17) is 9.16 Å². The van der Waals surface area contributed by atoms with Gasteiger partial charge in [-0.05, 0) is 67.4 Å². The largest absolute Gasteiger partial charge is 0.496 e. The number of rotatable bonds is 10. The minimum atomic E-state index is -1.72. The average molecular weight is 592 g/mol. The zero-order valence-corrected chi connectivity index (χ0v) is 28.0. The Bertz CT molecular complexity index is 1370. The van der Waals surface area contributed by atoms with E-state index in [1.807, 2.05) is 51.5 Å². The zero-order valence-electron chi connectivity index (χ0n) is 27.0. The molecule has 0 bridgehead atoms. The van der Waals surface area contributed by atoms with Crippen LogP contribution in [0.2, 0.25) is 18.1 Å². The van der Waals surface area contributed by atoms with Crippen molar-refractivity contribution in [3.63, 3.8) is 0 Å². The van der Waals surface area contributed by atoms with Gasteiger partial charge in [0.2, 0.25) is 0 Å². The van der Waals surface area contributed by atoms with Crippen molar-refractivity contribution in [2.45, 2.75) is 58.8 Å². The maximum atomic E-state index is 13.5. The van der Waals surface area contributed by atoms with Crippen molar-refractivity contribution in [3.8, 4) is 16.9 Å². The molecule has 1 atom stereocenters. The lowest BCUT2D eigenvalue weighted by molar-refractivity contribution is 0.0939. The number of ether oxygens (including phenoxy) is 1. The van der Waals surface area contributed by atoms with Crippen LogP contribution in [0.3, 0.4) is 0 Å². The van der Waals surface area contributed by atoms with Crippen molar-refractivity contribution in [3.05, 3.63) is 65.5 Å². The number of hydrogen-bond acceptors (Lipinski definition) is 6. The number of aryl methyl sites for hydroxylation is 2. The number of carbonyl (C=O) groups excluding carboxylic acids is 1. The maximum absolute atomic E-state index is 13.5. The second-order valence-electron chi connectivity index (χ2n) is 13.0. The van der Waals surface area contributed by atoms with E-state index in [1.165, 1.54) is 0 Å². The van der Waals surface area contributed by atoms with E-state index < -0.39 is 8.32 Å². The number of nitrogens with zero attached hydrogens (tertiary/aromatic N) is 4. The summed E-state index contributed by atoms with van der Waals surface area (Å²) >= 11 is 0. The number of hydrogen-bond donors (Lipinski definition) is 1. The Morgan fingerprint density at radius 2 is 1.81 bits per heavy atom. The number of amides is 1. The average Bonchev–Trinajstić information content (AvgIpc) is 3.38. The molecule has 42 heavy (non-hydrogen) atoms. The second-order valence-corrected chi connectivity index (χ2v) is 17.8. The van der Waals surface area contributed by atoms with E-state index in [1.54, 1.807) is 11.8 Å². The van der Waals surface area contributed by atoms with Gasteiger partial charge < -0.3 is 19.4 Å². The Hall–Kier alpha value is -3.14. The fourth-order valence-electron chi connectivity index (χ4n) is 5.07. The smallest absolute Gasteiger partial charge is 0.252 e. The van der Waals surface area contributed by atoms with Crippen LogP contribution >= 0.6 is 0 Å². The second kappa shape index (κ2) is 13.0. The normalized spacial score (nSPS) is 15.5. The van der Waals surface area contributed by atoms with Crippen LogP contribution in [0.15, 0.2) is 48.8 Å². The topological polar surface area (TPSA) is 71.9 Å². The predicted octanol–water partition coefficient (Wildman–Crippen LogP) is 6.04. The van der Waals surface area contributed by atoms with Gasteiger partial charge in [0.05, 0.1) is 19.3 Å². The molecule has 1 aliphatic heterocycles. The first kappa shape index (κ1) is 31.8. The summed E-state index contributed by atoms with van der Waals surface area (Å²) in [5.74, 6) is 0.707. The number of carbonyl (C=O) groups is 1. The van der Waals surface area contributed by atoms with Gasteiger partial charge in [-0.25, -0.2) is 0 Å². The number of anilines is 1. The molecule has 1 aliphatic rings. The molecule has 1 fully saturated rings. The van der Waals surface area contributed by atoms with Gasteiger partial charge in [-0.3, -0.25) is 14.4 Å². The molecule has 0 saturated carbocycles. The monoisotopic (exact) mass is 591 g/mol. The van der Waals surface area contributed by atoms with E-state index in [0.29, 0.717) is 5.56 Å². The number of piperazine rings is 1. The minimum Gasteiger partial charge on any atom is -0.496 e. The highest BCUT2D eigenvalue weighted by Gasteiger charge is 2.37. The van der Waals surface area contributed by atoms with Crippen LogP contribution in [0.25, 0.3) is 11.1 Å². The highest BCUT2D eigenvalue weighted by Crippen LogP contribution is 2.36. The van der Waals surface area contributed by atoms with Crippen molar-refractivity contribution >= 4 is 19.9 Å². The molecule has 4 rings (SSSR count). The third kappa shape index (κ3) is 7.43. The summed E-state index contributed by atoms with van der Waals surface area (Å²) in [5, 5.41) is 7.75. The van der Waals surface area contributed by atoms with Crippen molar-refractivity contribution in [1.82, 2.24) is 20.0 Å². The number of methoxy groups -OCH3 is 1. The van der Waals surface area contributed by atoms with Crippen molar-refractivity contribution in [2.24, 2.45) is 7.05 Å². The first-order valence-corrected chi connectivity index (χ1v) is 17.9. The predicted molar refractivity (Wildman–Crippen MR) is 174 cm³/mol. The van der Waals surface area contributed by atoms with Gasteiger partial charge in [0.1, 0.15) is 5.75 Å². The third-order valence-electron chi connectivity index (χ3n) is 8.97. The number of aromatic nitrogens is 2. The Labute approximate surface area is 253 Å². The van der Waals surface area contributed by atoms with Gasteiger partial charge in [-0.1, -0.05) is 32.9 Å². The van der Waals surface area contributed by atoms with E-state index in [-0.39, 0.29) is 17.0 Å². The zero-order chi connectivity index (χ0) is 30.7. The summed E-state index contributed by atoms with van der Waals surface area (Å²) in [5.41, 5.74) is 5.71. The van der Waals surface area contributed by atoms with Gasteiger partial charge in [-0.15, -0.1) is 0 Å². The Morgan fingerprint density at radius 1 is 1.10 bits per heavy atom. The summed E-state index contributed by atoms with van der Waals surface area (Å²) in [6.45, 7) is 21.1. The van der Waals surface area contributed by atoms with E-state index in [2.05, 4.69) is 72.3 Å². The molecule has 2 heterocycles. The fraction of sp³-hybridized carbons (Fsp3) is 0.515. The lowest BCUT2D eigenvalue weighted by Crippen LogP contribution is -2.48. The van der Waals surface area contributed by atoms with Crippen LogP contribution in [0.4, 0.5) is 5.69 Å². The lowest BCUT2D eigenvalue weighted by Gasteiger charge is -2.39. The molecule has 1 amide bonds. The molecule has 1 N–H and O–H groups in total. The maximum Gasteiger partial charge on any atom is 0.252 e. The molecule has 9 heteroatoms. The third-order valence-corrected chi connectivity index (χ3v) is 13.5. The Kier molecular flexibility index (Phi) is 9.85. The van der Waals surface area contributed by atoms with Crippen LogP contribution in [-0.2, 0) is 11.5 Å². The molecule has 1 aromatic heterocycles. The standard InChI is InChI=1S/C33H49N5O3Si/c1-24-10-12-28(38-16-14-37(15-17-38)18-19-41-42(8,9)33(3,4)5)21-29(24)32(39)35-25(2)26-11-13-31(40-7)30(20-26)27-22-34-36(6)23-27/h10-13,20-23,25H,14-19H2,1-9H3,(H,35,39)/t25-/m1/s1. The molecular formula is C33H49N5O3Si. The quantitative estimate of drug-likeness (QED) is 0.290. The van der Waals surface area contributed by atoms with Crippen molar-refractivity contribution in [2.75, 3.05) is 51.3 Å². The van der Waals surface area contributed by atoms with Gasteiger partial charge in [0, 0.05) is 75.0 Å². The van der Waals surface area contributed by atoms with Gasteiger partial charge in [-0.2, -0.15) is 5.10 Å². The molecule has 0 spiro atoms. The highest BCUT2D eigenvalue weighted by atomic mass is 28.4. The fourth-order valence-corrected chi connectivity index (χ4v) is 6.10. The molecule has 8 nitrogen and oxygen atoms in total. The molecular weight excluding hydrogens is 542 g/mol. The minimum absolute atomic E-state index is 0.0676. The molecule has 228 valence electrons. The molecule has 3 aromatic rings. The van der Waals surface area contributed by atoms with Crippen molar-refractivity contribution in [1.29, 1.82) is 0 Å². The van der Waals surface area contributed by atoms with Crippen LogP contribution in [0.5, 0.6) is 5.75 Å². The summed E-state index contributed by atoms with van der Waals surface area (Å²) in [7, 11) is 1.84. The van der Waals surface area contributed by atoms with Gasteiger partial charge in [0.15, 0.2) is 8.32 Å². The first-order chi connectivity index (χ1) is 19.8. The lowest BCUT2D eigenvalue weighted by atomic mass is 10.00. The summed E-state index contributed by atoms with van der Waals surface area (Å²) in [6, 6.07) is 12.1. The molecule has 0 radical (unpaired) electrons. The van der Waals surface area contributed by atoms with Gasteiger partial charge >= 0.3 is 0 Å². The van der Waals surface area contributed by atoms with Gasteiger partial charge in [0.25, 0.3) is 5.91 Å². The van der Waals surface area contributed by atoms with Crippen LogP contribution in [0, 0.1) is 6.92 Å². The SMILES string of the molecule is COc1ccc([C@@H](C)NC(=O)c2cc(N3CCN(CCO[Si](C)(C)C(C)(C)C)CC3)ccc2C)cc1-c1cnn(C)c1. The molecule has 2 aromatic carbocycles. The summed E-state index contributed by atoms with van der Waals surface area (Å²) in [6.07, 6.45) is 3.78. The number of benzene rings is 2. The van der Waals surface area contributed by atoms with E-state index in [9.17, 15) is 4.79 Å². The van der Waals surface area contributed by atoms with E-state index in [0.717, 1.165) is 73.0 Å². The van der Waals surface area contributed by atoms with Crippen LogP contribution < -0.4 is 15.0 Å². The summed E-state index contributed by atoms with van der Waals surface area (Å²) in [4.78, 5) is 18.4. The molecule has 1 saturated heterocycles. The molecule has 0 aliphatic carbocycles. The summed E-state index contributed by atoms with van der Waals surface area (Å²) < 4.78 is 13.8. The van der Waals surface area contributed by atoms with Crippen LogP contribution in [-0.4, -0.2) is 75.3 Å². The van der Waals surface area contributed by atoms with Crippen LogP contribution in [0.1, 0.15) is 55.2 Å². The Balaban J connectivity index is 1.37. The number of nitrogens with one attached hydrogen (secondary N) is 1. The Morgan fingerprint density at radius 3 is 2.43 bits per heavy atom. The highest BCUT2D eigenvalue weighted by molar-refractivity contribution is 6.74. The van der Waals surface area contributed by atoms with Crippen molar-refractivity contribution < 1.29 is 14.0 Å². The molecule has 0 unspecified atom stereocenters. The first-order valence-electron chi connectivity index (χ1n) is 15.0.